The van der Waals surface area contributed by atoms with Crippen molar-refractivity contribution in [2.75, 3.05) is 42.9 Å². The molecule has 8 heteroatoms. The quantitative estimate of drug-likeness (QED) is 0.609. The van der Waals surface area contributed by atoms with Gasteiger partial charge in [0, 0.05) is 43.8 Å². The standard InChI is InChI=1S/C26H28F2N4O2/c1-3-30-8-10-31(11-9-30)24-14-23-18(13-21(24)28)25(33)19(15-32(23)17-5-6-17)26(34)29-22-7-4-16(2)12-20(22)27/h4,7,12-15,17H,3,5-6,8-11H2,1-2H3,(H,29,34). The number of fused-ring (bicyclic) bond motifs is 1. The molecule has 1 saturated heterocycles. The Kier molecular flexibility index (Phi) is 5.85. The van der Waals surface area contributed by atoms with E-state index in [1.807, 2.05) is 9.47 Å². The van der Waals surface area contributed by atoms with Crippen LogP contribution in [0.3, 0.4) is 0 Å². The fraction of sp³-hybridized carbons (Fsp3) is 0.385. The molecule has 178 valence electrons. The van der Waals surface area contributed by atoms with Gasteiger partial charge in [-0.1, -0.05) is 13.0 Å². The van der Waals surface area contributed by atoms with Gasteiger partial charge in [-0.15, -0.1) is 0 Å². The lowest BCUT2D eigenvalue weighted by atomic mass is 10.1. The van der Waals surface area contributed by atoms with Crippen molar-refractivity contribution >= 4 is 28.2 Å². The minimum absolute atomic E-state index is 0.000758. The molecule has 0 atom stereocenters. The third-order valence-electron chi connectivity index (χ3n) is 6.82. The topological polar surface area (TPSA) is 57.6 Å². The molecule has 1 aliphatic heterocycles. The number of nitrogens with one attached hydrogen (secondary N) is 1. The number of halogens is 2. The number of anilines is 2. The molecule has 1 saturated carbocycles. The number of hydrogen-bond donors (Lipinski definition) is 1. The van der Waals surface area contributed by atoms with Crippen LogP contribution in [0.15, 0.2) is 41.3 Å². The van der Waals surface area contributed by atoms with Gasteiger partial charge in [-0.25, -0.2) is 8.78 Å². The van der Waals surface area contributed by atoms with Crippen LogP contribution in [-0.2, 0) is 0 Å². The first kappa shape index (κ1) is 22.5. The summed E-state index contributed by atoms with van der Waals surface area (Å²) < 4.78 is 31.4. The SMILES string of the molecule is CCN1CCN(c2cc3c(cc2F)c(=O)c(C(=O)Nc2ccc(C)cc2F)cn3C2CC2)CC1. The first-order valence-electron chi connectivity index (χ1n) is 11.8. The number of likely N-dealkylation sites (N-methyl/N-ethyl adjacent to an activating group) is 1. The Morgan fingerprint density at radius 2 is 1.79 bits per heavy atom. The maximum absolute atomic E-state index is 15.2. The van der Waals surface area contributed by atoms with E-state index in [1.165, 1.54) is 18.2 Å². The van der Waals surface area contributed by atoms with Gasteiger partial charge in [-0.2, -0.15) is 0 Å². The molecule has 3 aromatic rings. The van der Waals surface area contributed by atoms with Crippen LogP contribution in [0.1, 0.15) is 41.7 Å². The molecule has 1 amide bonds. The van der Waals surface area contributed by atoms with Crippen LogP contribution in [0.4, 0.5) is 20.2 Å². The summed E-state index contributed by atoms with van der Waals surface area (Å²) in [4.78, 5) is 30.6. The number of nitrogens with zero attached hydrogens (tertiary/aromatic N) is 3. The van der Waals surface area contributed by atoms with Crippen molar-refractivity contribution in [1.29, 1.82) is 0 Å². The molecule has 2 aliphatic rings. The van der Waals surface area contributed by atoms with E-state index in [0.717, 1.165) is 38.0 Å². The number of piperazine rings is 1. The summed E-state index contributed by atoms with van der Waals surface area (Å²) in [5, 5.41) is 2.66. The lowest BCUT2D eigenvalue weighted by molar-refractivity contribution is 0.102. The van der Waals surface area contributed by atoms with Crippen LogP contribution in [-0.4, -0.2) is 48.1 Å². The fourth-order valence-corrected chi connectivity index (χ4v) is 4.63. The van der Waals surface area contributed by atoms with Gasteiger partial charge in [-0.05, 0) is 56.1 Å². The Morgan fingerprint density at radius 3 is 2.44 bits per heavy atom. The maximum Gasteiger partial charge on any atom is 0.261 e. The van der Waals surface area contributed by atoms with Crippen LogP contribution in [0.25, 0.3) is 10.9 Å². The van der Waals surface area contributed by atoms with Gasteiger partial charge in [0.1, 0.15) is 17.2 Å². The van der Waals surface area contributed by atoms with Crippen molar-refractivity contribution < 1.29 is 13.6 Å². The predicted molar refractivity (Wildman–Crippen MR) is 130 cm³/mol. The first-order chi connectivity index (χ1) is 16.4. The number of carbonyl (C=O) groups is 1. The Bertz CT molecular complexity index is 1320. The van der Waals surface area contributed by atoms with Crippen LogP contribution in [0, 0.1) is 18.6 Å². The average molecular weight is 467 g/mol. The van der Waals surface area contributed by atoms with E-state index in [-0.39, 0.29) is 22.7 Å². The molecule has 0 bridgehead atoms. The molecule has 1 aliphatic carbocycles. The normalized spacial score (nSPS) is 16.8. The Labute approximate surface area is 196 Å². The summed E-state index contributed by atoms with van der Waals surface area (Å²) in [5.74, 6) is -1.75. The molecule has 1 N–H and O–H groups in total. The lowest BCUT2D eigenvalue weighted by Crippen LogP contribution is -2.46. The van der Waals surface area contributed by atoms with E-state index >= 15 is 4.39 Å². The molecule has 2 aromatic carbocycles. The summed E-state index contributed by atoms with van der Waals surface area (Å²) in [7, 11) is 0. The van der Waals surface area contributed by atoms with Crippen molar-refractivity contribution in [1.82, 2.24) is 9.47 Å². The molecule has 34 heavy (non-hydrogen) atoms. The molecule has 2 heterocycles. The van der Waals surface area contributed by atoms with Crippen molar-refractivity contribution in [3.8, 4) is 0 Å². The highest BCUT2D eigenvalue weighted by molar-refractivity contribution is 6.06. The summed E-state index contributed by atoms with van der Waals surface area (Å²) >= 11 is 0. The third kappa shape index (κ3) is 4.18. The van der Waals surface area contributed by atoms with Gasteiger partial charge in [0.2, 0.25) is 5.43 Å². The second kappa shape index (κ2) is 8.83. The van der Waals surface area contributed by atoms with Gasteiger partial charge in [0.25, 0.3) is 5.91 Å². The molecular formula is C26H28F2N4O2. The Balaban J connectivity index is 1.54. The number of benzene rings is 2. The molecular weight excluding hydrogens is 438 g/mol. The zero-order valence-corrected chi connectivity index (χ0v) is 19.4. The van der Waals surface area contributed by atoms with E-state index in [0.29, 0.717) is 24.3 Å². The van der Waals surface area contributed by atoms with Gasteiger partial charge < -0.3 is 19.7 Å². The Hall–Kier alpha value is -3.26. The summed E-state index contributed by atoms with van der Waals surface area (Å²) in [6.45, 7) is 7.97. The Morgan fingerprint density at radius 1 is 1.06 bits per heavy atom. The number of aryl methyl sites for hydroxylation is 1. The fourth-order valence-electron chi connectivity index (χ4n) is 4.63. The monoisotopic (exact) mass is 466 g/mol. The number of hydrogen-bond acceptors (Lipinski definition) is 4. The lowest BCUT2D eigenvalue weighted by Gasteiger charge is -2.35. The van der Waals surface area contributed by atoms with Crippen molar-refractivity contribution in [2.24, 2.45) is 0 Å². The zero-order valence-electron chi connectivity index (χ0n) is 19.4. The largest absolute Gasteiger partial charge is 0.367 e. The minimum Gasteiger partial charge on any atom is -0.367 e. The summed E-state index contributed by atoms with van der Waals surface area (Å²) in [6, 6.07) is 7.61. The van der Waals surface area contributed by atoms with Gasteiger partial charge in [0.05, 0.1) is 16.9 Å². The molecule has 5 rings (SSSR count). The highest BCUT2D eigenvalue weighted by Crippen LogP contribution is 2.38. The number of pyridine rings is 1. The van der Waals surface area contributed by atoms with Gasteiger partial charge in [0.15, 0.2) is 0 Å². The number of aromatic nitrogens is 1. The van der Waals surface area contributed by atoms with Gasteiger partial charge >= 0.3 is 0 Å². The van der Waals surface area contributed by atoms with E-state index in [2.05, 4.69) is 17.1 Å². The second-order valence-corrected chi connectivity index (χ2v) is 9.19. The van der Waals surface area contributed by atoms with E-state index in [4.69, 9.17) is 0 Å². The summed E-state index contributed by atoms with van der Waals surface area (Å²) in [6.07, 6.45) is 3.39. The van der Waals surface area contributed by atoms with E-state index in [9.17, 15) is 14.0 Å². The highest BCUT2D eigenvalue weighted by Gasteiger charge is 2.28. The zero-order chi connectivity index (χ0) is 24.0. The molecule has 0 spiro atoms. The molecule has 2 fully saturated rings. The third-order valence-corrected chi connectivity index (χ3v) is 6.82. The predicted octanol–water partition coefficient (Wildman–Crippen LogP) is 4.32. The van der Waals surface area contributed by atoms with Crippen LogP contribution in [0.2, 0.25) is 0 Å². The first-order valence-corrected chi connectivity index (χ1v) is 11.8. The van der Waals surface area contributed by atoms with Crippen LogP contribution in [0.5, 0.6) is 0 Å². The van der Waals surface area contributed by atoms with E-state index in [1.54, 1.807) is 25.3 Å². The smallest absolute Gasteiger partial charge is 0.261 e. The minimum atomic E-state index is -0.704. The molecule has 0 radical (unpaired) electrons. The number of rotatable bonds is 5. The number of amides is 1. The molecule has 6 nitrogen and oxygen atoms in total. The van der Waals surface area contributed by atoms with Crippen molar-refractivity contribution in [3.05, 3.63) is 69.5 Å². The van der Waals surface area contributed by atoms with E-state index < -0.39 is 23.0 Å². The molecule has 0 unspecified atom stereocenters. The van der Waals surface area contributed by atoms with Crippen molar-refractivity contribution in [3.63, 3.8) is 0 Å². The maximum atomic E-state index is 15.2. The summed E-state index contributed by atoms with van der Waals surface area (Å²) in [5.41, 5.74) is 1.15. The molecule has 1 aromatic heterocycles. The highest BCUT2D eigenvalue weighted by atomic mass is 19.1. The number of carbonyl (C=O) groups excluding carboxylic acids is 1. The second-order valence-electron chi connectivity index (χ2n) is 9.19. The average Bonchev–Trinajstić information content (AvgIpc) is 3.66. The van der Waals surface area contributed by atoms with Crippen LogP contribution < -0.4 is 15.6 Å². The van der Waals surface area contributed by atoms with Crippen molar-refractivity contribution in [2.45, 2.75) is 32.7 Å². The van der Waals surface area contributed by atoms with Gasteiger partial charge in [-0.3, -0.25) is 9.59 Å². The van der Waals surface area contributed by atoms with Crippen LogP contribution >= 0.6 is 0 Å².